The van der Waals surface area contributed by atoms with Gasteiger partial charge in [0.25, 0.3) is 0 Å². The fourth-order valence-corrected chi connectivity index (χ4v) is 4.63. The number of rotatable bonds is 6. The lowest BCUT2D eigenvalue weighted by atomic mass is 9.72. The third-order valence-electron chi connectivity index (χ3n) is 4.71. The topological polar surface area (TPSA) is 12.0 Å². The van der Waals surface area contributed by atoms with Gasteiger partial charge in [-0.1, -0.05) is 32.4 Å². The van der Waals surface area contributed by atoms with E-state index in [1.807, 2.05) is 6.07 Å². The van der Waals surface area contributed by atoms with Crippen LogP contribution in [0.5, 0.6) is 0 Å². The summed E-state index contributed by atoms with van der Waals surface area (Å²) in [5.41, 5.74) is 0. The second-order valence-corrected chi connectivity index (χ2v) is 8.35. The van der Waals surface area contributed by atoms with Crippen LogP contribution in [0.4, 0.5) is 0 Å². The molecule has 0 aromatic carbocycles. The smallest absolute Gasteiger partial charge is 0.0931 e. The summed E-state index contributed by atoms with van der Waals surface area (Å²) in [5, 5.41) is 3.78. The molecule has 1 heterocycles. The number of thiophene rings is 1. The van der Waals surface area contributed by atoms with Crippen LogP contribution >= 0.6 is 22.9 Å². The molecular formula is C17H28ClNS. The summed E-state index contributed by atoms with van der Waals surface area (Å²) in [6.07, 6.45) is 6.52. The van der Waals surface area contributed by atoms with Gasteiger partial charge in [0, 0.05) is 10.9 Å². The summed E-state index contributed by atoms with van der Waals surface area (Å²) in [5.74, 6) is 2.49. The Morgan fingerprint density at radius 3 is 2.75 bits per heavy atom. The molecule has 1 aliphatic carbocycles. The van der Waals surface area contributed by atoms with Gasteiger partial charge in [-0.05, 0) is 68.5 Å². The zero-order valence-corrected chi connectivity index (χ0v) is 14.6. The molecule has 3 unspecified atom stereocenters. The van der Waals surface area contributed by atoms with E-state index < -0.39 is 0 Å². The van der Waals surface area contributed by atoms with Crippen LogP contribution in [0.15, 0.2) is 12.1 Å². The van der Waals surface area contributed by atoms with E-state index in [2.05, 4.69) is 32.2 Å². The van der Waals surface area contributed by atoms with Gasteiger partial charge < -0.3 is 5.32 Å². The van der Waals surface area contributed by atoms with Crippen LogP contribution in [0, 0.1) is 17.8 Å². The van der Waals surface area contributed by atoms with Gasteiger partial charge in [0.05, 0.1) is 4.34 Å². The molecule has 20 heavy (non-hydrogen) atoms. The van der Waals surface area contributed by atoms with Crippen molar-refractivity contribution in [2.24, 2.45) is 17.8 Å². The molecule has 1 fully saturated rings. The van der Waals surface area contributed by atoms with Gasteiger partial charge in [0.15, 0.2) is 0 Å². The summed E-state index contributed by atoms with van der Waals surface area (Å²) < 4.78 is 0.925. The first-order chi connectivity index (χ1) is 9.60. The molecule has 1 aromatic rings. The first-order valence-electron chi connectivity index (χ1n) is 8.07. The summed E-state index contributed by atoms with van der Waals surface area (Å²) in [4.78, 5) is 1.45. The second kappa shape index (κ2) is 7.82. The first kappa shape index (κ1) is 16.3. The van der Waals surface area contributed by atoms with Gasteiger partial charge in [0.2, 0.25) is 0 Å². The summed E-state index contributed by atoms with van der Waals surface area (Å²) in [6, 6.07) is 4.95. The highest BCUT2D eigenvalue weighted by molar-refractivity contribution is 7.16. The molecular weight excluding hydrogens is 286 g/mol. The normalized spacial score (nSPS) is 27.1. The monoisotopic (exact) mass is 313 g/mol. The van der Waals surface area contributed by atoms with Crippen molar-refractivity contribution in [2.45, 2.75) is 58.9 Å². The van der Waals surface area contributed by atoms with Gasteiger partial charge in [-0.25, -0.2) is 0 Å². The van der Waals surface area contributed by atoms with Gasteiger partial charge >= 0.3 is 0 Å². The van der Waals surface area contributed by atoms with E-state index in [0.717, 1.165) is 28.6 Å². The summed E-state index contributed by atoms with van der Waals surface area (Å²) >= 11 is 7.83. The predicted octanol–water partition coefficient (Wildman–Crippen LogP) is 5.38. The largest absolute Gasteiger partial charge is 0.314 e. The van der Waals surface area contributed by atoms with E-state index in [1.54, 1.807) is 11.3 Å². The van der Waals surface area contributed by atoms with Crippen LogP contribution in [0.25, 0.3) is 0 Å². The van der Waals surface area contributed by atoms with Crippen LogP contribution in [-0.2, 0) is 6.42 Å². The Morgan fingerprint density at radius 2 is 2.15 bits per heavy atom. The molecule has 2 rings (SSSR count). The Kier molecular flexibility index (Phi) is 6.38. The lowest BCUT2D eigenvalue weighted by Gasteiger charge is -2.38. The minimum absolute atomic E-state index is 0.700. The van der Waals surface area contributed by atoms with Crippen molar-refractivity contribution in [1.29, 1.82) is 0 Å². The Hall–Kier alpha value is -0.0500. The van der Waals surface area contributed by atoms with Gasteiger partial charge in [-0.3, -0.25) is 0 Å². The maximum absolute atomic E-state index is 6.08. The van der Waals surface area contributed by atoms with Crippen LogP contribution < -0.4 is 5.32 Å². The summed E-state index contributed by atoms with van der Waals surface area (Å²) in [6.45, 7) is 8.16. The predicted molar refractivity (Wildman–Crippen MR) is 90.8 cm³/mol. The Bertz CT molecular complexity index is 401. The third-order valence-corrected chi connectivity index (χ3v) is 5.97. The lowest BCUT2D eigenvalue weighted by molar-refractivity contribution is 0.168. The number of halogens is 1. The van der Waals surface area contributed by atoms with Gasteiger partial charge in [-0.2, -0.15) is 0 Å². The minimum Gasteiger partial charge on any atom is -0.314 e. The van der Waals surface area contributed by atoms with Crippen molar-refractivity contribution >= 4 is 22.9 Å². The quantitative estimate of drug-likeness (QED) is 0.743. The second-order valence-electron chi connectivity index (χ2n) is 6.55. The molecule has 1 saturated carbocycles. The lowest BCUT2D eigenvalue weighted by Crippen LogP contribution is -2.42. The molecule has 1 nitrogen and oxygen atoms in total. The van der Waals surface area contributed by atoms with Gasteiger partial charge in [0.1, 0.15) is 0 Å². The molecule has 0 saturated heterocycles. The number of nitrogens with one attached hydrogen (secondary N) is 1. The van der Waals surface area contributed by atoms with E-state index in [4.69, 9.17) is 11.6 Å². The summed E-state index contributed by atoms with van der Waals surface area (Å²) in [7, 11) is 0. The average Bonchev–Trinajstić information content (AvgIpc) is 2.82. The van der Waals surface area contributed by atoms with Crippen molar-refractivity contribution in [3.05, 3.63) is 21.3 Å². The molecule has 0 spiro atoms. The van der Waals surface area contributed by atoms with Crippen molar-refractivity contribution in [1.82, 2.24) is 5.32 Å². The van der Waals surface area contributed by atoms with E-state index in [-0.39, 0.29) is 0 Å². The third kappa shape index (κ3) is 4.47. The molecule has 114 valence electrons. The van der Waals surface area contributed by atoms with Crippen molar-refractivity contribution in [2.75, 3.05) is 6.54 Å². The highest BCUT2D eigenvalue weighted by Crippen LogP contribution is 2.37. The molecule has 3 heteroatoms. The fourth-order valence-electron chi connectivity index (χ4n) is 3.45. The minimum atomic E-state index is 0.700. The van der Waals surface area contributed by atoms with E-state index in [9.17, 15) is 0 Å². The standard InChI is InChI=1S/C17H28ClNS/c1-4-9-19-16-7-5-13(12(2)3)10-14(16)11-15-6-8-17(18)20-15/h6,8,12-14,16,19H,4-5,7,9-11H2,1-3H3. The highest BCUT2D eigenvalue weighted by Gasteiger charge is 2.31. The highest BCUT2D eigenvalue weighted by atomic mass is 35.5. The Balaban J connectivity index is 2.00. The number of hydrogen-bond acceptors (Lipinski definition) is 2. The van der Waals surface area contributed by atoms with E-state index in [1.165, 1.54) is 37.0 Å². The van der Waals surface area contributed by atoms with Gasteiger partial charge in [-0.15, -0.1) is 11.3 Å². The van der Waals surface area contributed by atoms with Crippen LogP contribution in [0.3, 0.4) is 0 Å². The Labute approximate surface area is 133 Å². The zero-order valence-electron chi connectivity index (χ0n) is 13.0. The fraction of sp³-hybridized carbons (Fsp3) is 0.765. The molecule has 1 aliphatic rings. The maximum atomic E-state index is 6.08. The van der Waals surface area contributed by atoms with Crippen molar-refractivity contribution in [3.63, 3.8) is 0 Å². The molecule has 0 bridgehead atoms. The van der Waals surface area contributed by atoms with E-state index in [0.29, 0.717) is 6.04 Å². The Morgan fingerprint density at radius 1 is 1.35 bits per heavy atom. The SMILES string of the molecule is CCCNC1CCC(C(C)C)CC1Cc1ccc(Cl)s1. The molecule has 0 amide bonds. The first-order valence-corrected chi connectivity index (χ1v) is 9.27. The molecule has 0 radical (unpaired) electrons. The van der Waals surface area contributed by atoms with Crippen molar-refractivity contribution < 1.29 is 0 Å². The van der Waals surface area contributed by atoms with Crippen molar-refractivity contribution in [3.8, 4) is 0 Å². The average molecular weight is 314 g/mol. The molecule has 1 N–H and O–H groups in total. The molecule has 0 aliphatic heterocycles. The maximum Gasteiger partial charge on any atom is 0.0931 e. The van der Waals surface area contributed by atoms with E-state index >= 15 is 0 Å². The zero-order chi connectivity index (χ0) is 14.5. The number of hydrogen-bond donors (Lipinski definition) is 1. The molecule has 3 atom stereocenters. The van der Waals surface area contributed by atoms with Crippen LogP contribution in [-0.4, -0.2) is 12.6 Å². The van der Waals surface area contributed by atoms with Crippen LogP contribution in [0.1, 0.15) is 51.3 Å². The van der Waals surface area contributed by atoms with Crippen LogP contribution in [0.2, 0.25) is 4.34 Å². The molecule has 1 aromatic heterocycles.